The smallest absolute Gasteiger partial charge is 0.226 e. The minimum Gasteiger partial charge on any atom is -0.496 e. The Morgan fingerprint density at radius 3 is 2.59 bits per heavy atom. The monoisotopic (exact) mass is 374 g/mol. The summed E-state index contributed by atoms with van der Waals surface area (Å²) < 4.78 is 16.7. The van der Waals surface area contributed by atoms with Crippen molar-refractivity contribution >= 4 is 11.8 Å². The van der Waals surface area contributed by atoms with E-state index in [1.54, 1.807) is 7.11 Å². The highest BCUT2D eigenvalue weighted by Gasteiger charge is 2.51. The fourth-order valence-corrected chi connectivity index (χ4v) is 4.01. The number of piperidine rings is 1. The molecule has 1 saturated carbocycles. The zero-order chi connectivity index (χ0) is 18.9. The Hall–Kier alpha value is -2.12. The van der Waals surface area contributed by atoms with Gasteiger partial charge in [-0.25, -0.2) is 0 Å². The lowest BCUT2D eigenvalue weighted by Crippen LogP contribution is -2.48. The third-order valence-corrected chi connectivity index (χ3v) is 5.74. The number of hydrogen-bond acceptors (Lipinski definition) is 5. The Morgan fingerprint density at radius 1 is 1.19 bits per heavy atom. The van der Waals surface area contributed by atoms with Gasteiger partial charge < -0.3 is 24.4 Å². The molecule has 1 N–H and O–H groups in total. The number of hydrogen-bond donors (Lipinski definition) is 1. The van der Waals surface area contributed by atoms with Crippen LogP contribution in [-0.4, -0.2) is 55.9 Å². The van der Waals surface area contributed by atoms with E-state index in [0.717, 1.165) is 11.3 Å². The molecule has 0 aromatic heterocycles. The summed E-state index contributed by atoms with van der Waals surface area (Å²) in [6, 6.07) is 7.59. The summed E-state index contributed by atoms with van der Waals surface area (Å²) >= 11 is 0. The highest BCUT2D eigenvalue weighted by molar-refractivity contribution is 5.92. The molecule has 2 atom stereocenters. The van der Waals surface area contributed by atoms with Gasteiger partial charge >= 0.3 is 0 Å². The van der Waals surface area contributed by atoms with Crippen molar-refractivity contribution in [1.82, 2.24) is 10.2 Å². The first-order valence-electron chi connectivity index (χ1n) is 9.58. The molecule has 3 aliphatic rings. The van der Waals surface area contributed by atoms with E-state index in [1.165, 1.54) is 0 Å². The van der Waals surface area contributed by atoms with Crippen LogP contribution in [0.15, 0.2) is 24.3 Å². The predicted molar refractivity (Wildman–Crippen MR) is 96.9 cm³/mol. The van der Waals surface area contributed by atoms with Crippen molar-refractivity contribution in [2.45, 2.75) is 31.6 Å². The van der Waals surface area contributed by atoms with Crippen LogP contribution < -0.4 is 10.1 Å². The Balaban J connectivity index is 1.25. The van der Waals surface area contributed by atoms with Crippen LogP contribution >= 0.6 is 0 Å². The Bertz CT molecular complexity index is 706. The molecule has 3 fully saturated rings. The summed E-state index contributed by atoms with van der Waals surface area (Å²) in [5, 5.41) is 2.93. The van der Waals surface area contributed by atoms with Crippen molar-refractivity contribution in [2.24, 2.45) is 11.8 Å². The number of ether oxygens (including phenoxy) is 3. The van der Waals surface area contributed by atoms with E-state index < -0.39 is 5.79 Å². The fraction of sp³-hybridized carbons (Fsp3) is 0.600. The molecular formula is C20H26N2O5. The second-order valence-corrected chi connectivity index (χ2v) is 7.41. The van der Waals surface area contributed by atoms with Gasteiger partial charge in [-0.1, -0.05) is 18.2 Å². The number of carbonyl (C=O) groups excluding carboxylic acids is 2. The molecule has 4 rings (SSSR count). The van der Waals surface area contributed by atoms with Gasteiger partial charge in [-0.3, -0.25) is 9.59 Å². The third kappa shape index (κ3) is 3.80. The number of benzene rings is 1. The van der Waals surface area contributed by atoms with Gasteiger partial charge in [-0.15, -0.1) is 0 Å². The molecule has 2 aliphatic heterocycles. The van der Waals surface area contributed by atoms with Gasteiger partial charge in [0.25, 0.3) is 0 Å². The quantitative estimate of drug-likeness (QED) is 0.841. The number of nitrogens with zero attached hydrogens (tertiary/aromatic N) is 1. The highest BCUT2D eigenvalue weighted by atomic mass is 16.7. The maximum atomic E-state index is 12.7. The molecule has 7 nitrogen and oxygen atoms in total. The van der Waals surface area contributed by atoms with E-state index in [9.17, 15) is 9.59 Å². The second kappa shape index (κ2) is 7.48. The standard InChI is InChI=1S/C20H26N2O5/c1-25-17-5-3-2-4-14(17)13-21-18(23)15-12-16(15)19(24)22-8-6-20(7-9-22)26-10-11-27-20/h2-5,15-16H,6-13H2,1H3,(H,21,23). The van der Waals surface area contributed by atoms with Gasteiger partial charge in [0, 0.05) is 38.0 Å². The van der Waals surface area contributed by atoms with E-state index in [-0.39, 0.29) is 23.7 Å². The summed E-state index contributed by atoms with van der Waals surface area (Å²) in [7, 11) is 1.61. The Labute approximate surface area is 158 Å². The Kier molecular flexibility index (Phi) is 5.06. The largest absolute Gasteiger partial charge is 0.496 e. The average molecular weight is 374 g/mol. The molecule has 1 aromatic carbocycles. The summed E-state index contributed by atoms with van der Waals surface area (Å²) in [5.41, 5.74) is 0.926. The molecule has 146 valence electrons. The van der Waals surface area contributed by atoms with Crippen molar-refractivity contribution < 1.29 is 23.8 Å². The van der Waals surface area contributed by atoms with Crippen LogP contribution in [0.4, 0.5) is 0 Å². The van der Waals surface area contributed by atoms with Crippen LogP contribution in [0.5, 0.6) is 5.75 Å². The molecule has 2 saturated heterocycles. The van der Waals surface area contributed by atoms with Crippen LogP contribution in [-0.2, 0) is 25.6 Å². The van der Waals surface area contributed by atoms with Gasteiger partial charge in [-0.2, -0.15) is 0 Å². The van der Waals surface area contributed by atoms with Crippen molar-refractivity contribution in [1.29, 1.82) is 0 Å². The minimum atomic E-state index is -0.480. The fourth-order valence-electron chi connectivity index (χ4n) is 4.01. The molecule has 0 bridgehead atoms. The molecule has 1 aromatic rings. The van der Waals surface area contributed by atoms with Gasteiger partial charge in [0.1, 0.15) is 5.75 Å². The number of carbonyl (C=O) groups is 2. The maximum Gasteiger partial charge on any atom is 0.226 e. The molecule has 27 heavy (non-hydrogen) atoms. The summed E-state index contributed by atoms with van der Waals surface area (Å²) in [5.74, 6) is -0.120. The molecule has 7 heteroatoms. The van der Waals surface area contributed by atoms with Gasteiger partial charge in [-0.05, 0) is 12.5 Å². The molecular weight excluding hydrogens is 348 g/mol. The van der Waals surface area contributed by atoms with Crippen molar-refractivity contribution in [3.05, 3.63) is 29.8 Å². The summed E-state index contributed by atoms with van der Waals surface area (Å²) in [6.45, 7) is 2.92. The number of methoxy groups -OCH3 is 1. The average Bonchev–Trinajstić information content (AvgIpc) is 3.39. The van der Waals surface area contributed by atoms with E-state index in [1.807, 2.05) is 29.2 Å². The molecule has 1 aliphatic carbocycles. The number of rotatable bonds is 5. The van der Waals surface area contributed by atoms with Gasteiger partial charge in [0.15, 0.2) is 5.79 Å². The van der Waals surface area contributed by atoms with Crippen molar-refractivity contribution in [2.75, 3.05) is 33.4 Å². The third-order valence-electron chi connectivity index (χ3n) is 5.74. The number of likely N-dealkylation sites (tertiary alicyclic amines) is 1. The van der Waals surface area contributed by atoms with Crippen LogP contribution in [0.3, 0.4) is 0 Å². The number of nitrogens with one attached hydrogen (secondary N) is 1. The zero-order valence-corrected chi connectivity index (χ0v) is 15.6. The van der Waals surface area contributed by atoms with Crippen LogP contribution in [0.2, 0.25) is 0 Å². The molecule has 2 amide bonds. The minimum absolute atomic E-state index is 0.0600. The first-order chi connectivity index (χ1) is 13.1. The van der Waals surface area contributed by atoms with E-state index >= 15 is 0 Å². The normalized spacial score (nSPS) is 26.0. The predicted octanol–water partition coefficient (Wildman–Crippen LogP) is 1.31. The lowest BCUT2D eigenvalue weighted by Gasteiger charge is -2.37. The molecule has 2 unspecified atom stereocenters. The van der Waals surface area contributed by atoms with Gasteiger partial charge in [0.2, 0.25) is 11.8 Å². The molecule has 1 spiro atoms. The van der Waals surface area contributed by atoms with Crippen LogP contribution in [0.1, 0.15) is 24.8 Å². The van der Waals surface area contributed by atoms with Crippen LogP contribution in [0, 0.1) is 11.8 Å². The number of para-hydroxylation sites is 1. The lowest BCUT2D eigenvalue weighted by molar-refractivity contribution is -0.187. The molecule has 2 heterocycles. The summed E-state index contributed by atoms with van der Waals surface area (Å²) in [6.07, 6.45) is 2.04. The second-order valence-electron chi connectivity index (χ2n) is 7.41. The topological polar surface area (TPSA) is 77.1 Å². The van der Waals surface area contributed by atoms with Crippen LogP contribution in [0.25, 0.3) is 0 Å². The van der Waals surface area contributed by atoms with E-state index in [4.69, 9.17) is 14.2 Å². The Morgan fingerprint density at radius 2 is 1.89 bits per heavy atom. The van der Waals surface area contributed by atoms with E-state index in [0.29, 0.717) is 52.1 Å². The molecule has 0 radical (unpaired) electrons. The first-order valence-corrected chi connectivity index (χ1v) is 9.58. The van der Waals surface area contributed by atoms with Crippen molar-refractivity contribution in [3.63, 3.8) is 0 Å². The maximum absolute atomic E-state index is 12.7. The van der Waals surface area contributed by atoms with Gasteiger partial charge in [0.05, 0.1) is 32.2 Å². The van der Waals surface area contributed by atoms with Crippen molar-refractivity contribution in [3.8, 4) is 5.75 Å². The number of amides is 2. The van der Waals surface area contributed by atoms with E-state index in [2.05, 4.69) is 5.32 Å². The zero-order valence-electron chi connectivity index (χ0n) is 15.6. The SMILES string of the molecule is COc1ccccc1CNC(=O)C1CC1C(=O)N1CCC2(CC1)OCCO2. The first kappa shape index (κ1) is 18.3. The summed E-state index contributed by atoms with van der Waals surface area (Å²) in [4.78, 5) is 27.0. The lowest BCUT2D eigenvalue weighted by atomic mass is 10.0. The highest BCUT2D eigenvalue weighted by Crippen LogP contribution is 2.41.